The Kier molecular flexibility index (Phi) is 6.72. The number of tetrazole rings is 1. The number of hydrogen-bond acceptors (Lipinski definition) is 8. The molecule has 38 heavy (non-hydrogen) atoms. The maximum atomic E-state index is 15.3. The maximum absolute atomic E-state index is 15.3. The van der Waals surface area contributed by atoms with E-state index in [1.165, 1.54) is 30.3 Å². The monoisotopic (exact) mass is 535 g/mol. The Morgan fingerprint density at radius 2 is 2.21 bits per heavy atom. The average Bonchev–Trinajstić information content (AvgIpc) is 3.67. The number of fused-ring (bicyclic) bond motifs is 1. The van der Waals surface area contributed by atoms with Crippen LogP contribution >= 0.6 is 11.6 Å². The molecule has 5 rings (SSSR count). The van der Waals surface area contributed by atoms with Crippen LogP contribution in [0.15, 0.2) is 59.2 Å². The summed E-state index contributed by atoms with van der Waals surface area (Å²) in [5.41, 5.74) is 1.56. The van der Waals surface area contributed by atoms with Gasteiger partial charge in [-0.05, 0) is 29.0 Å². The molecule has 11 nitrogen and oxygen atoms in total. The molecule has 0 amide bonds. The molecule has 2 atom stereocenters. The average molecular weight is 536 g/mol. The first-order chi connectivity index (χ1) is 18.4. The number of H-pyrrole nitrogens is 1. The first kappa shape index (κ1) is 25.2. The predicted octanol–water partition coefficient (Wildman–Crippen LogP) is 3.74. The number of hydrogen-bond donors (Lipinski definition) is 1. The molecule has 1 aliphatic heterocycles. The third-order valence-electron chi connectivity index (χ3n) is 6.38. The van der Waals surface area contributed by atoms with Crippen molar-refractivity contribution in [3.63, 3.8) is 0 Å². The Balaban J connectivity index is 1.58. The highest BCUT2D eigenvalue weighted by molar-refractivity contribution is 6.31. The topological polar surface area (TPSA) is 129 Å². The lowest BCUT2D eigenvalue weighted by molar-refractivity contribution is 0.406. The molecule has 0 spiro atoms. The standard InChI is InChI=1S/C25H23ClFN9O2/c1-5-14(9-20(28-3)38-4)17-11-29-24(31-17)19-8-13(2)25-32-16(10-21(37)36(19)25)22-18(35-12-30-33-34-35)7-6-15(26)23(22)27/h5-7,9-13,19H,1,8H2,2-4H3,(H,29,31)/b14-9+,28-20?/t13-,19-/m1/s1. The second kappa shape index (κ2) is 10.1. The first-order valence-electron chi connectivity index (χ1n) is 11.6. The summed E-state index contributed by atoms with van der Waals surface area (Å²) in [5.74, 6) is 0.700. The number of benzene rings is 1. The van der Waals surface area contributed by atoms with Crippen molar-refractivity contribution in [2.75, 3.05) is 14.2 Å². The molecule has 0 unspecified atom stereocenters. The van der Waals surface area contributed by atoms with Gasteiger partial charge in [0, 0.05) is 30.7 Å². The third kappa shape index (κ3) is 4.32. The molecular formula is C25H23ClFN9O2. The van der Waals surface area contributed by atoms with E-state index in [0.29, 0.717) is 35.3 Å². The molecule has 1 aliphatic rings. The number of nitrogens with zero attached hydrogens (tertiary/aromatic N) is 8. The number of ether oxygens (including phenoxy) is 1. The van der Waals surface area contributed by atoms with Crippen molar-refractivity contribution in [3.05, 3.63) is 88.0 Å². The molecule has 0 aliphatic carbocycles. The SMILES string of the molecule is C=C/C(=C\C(=NC)OC)c1cnc([C@H]2C[C@@H](C)c3nc(-c4c(-n5cnnn5)ccc(Cl)c4F)cc(=O)n32)[nH]1. The molecule has 0 saturated heterocycles. The molecule has 1 aromatic carbocycles. The highest BCUT2D eigenvalue weighted by atomic mass is 35.5. The van der Waals surface area contributed by atoms with E-state index < -0.39 is 11.9 Å². The van der Waals surface area contributed by atoms with E-state index in [2.05, 4.69) is 37.1 Å². The molecule has 0 fully saturated rings. The fraction of sp³-hybridized carbons (Fsp3) is 0.240. The van der Waals surface area contributed by atoms with Crippen LogP contribution in [-0.4, -0.2) is 59.8 Å². The Bertz CT molecular complexity index is 1640. The van der Waals surface area contributed by atoms with Gasteiger partial charge in [-0.3, -0.25) is 14.4 Å². The third-order valence-corrected chi connectivity index (χ3v) is 6.68. The Morgan fingerprint density at radius 1 is 1.39 bits per heavy atom. The van der Waals surface area contributed by atoms with E-state index in [9.17, 15) is 4.79 Å². The minimum atomic E-state index is -0.718. The minimum absolute atomic E-state index is 0.0357. The molecule has 194 valence electrons. The summed E-state index contributed by atoms with van der Waals surface area (Å²) in [6.07, 6.45) is 6.96. The van der Waals surface area contributed by atoms with Gasteiger partial charge in [0.25, 0.3) is 5.56 Å². The number of aliphatic imine (C=N–C) groups is 1. The number of halogens is 2. The van der Waals surface area contributed by atoms with Gasteiger partial charge in [0.1, 0.15) is 18.0 Å². The van der Waals surface area contributed by atoms with Gasteiger partial charge in [0.05, 0.1) is 47.0 Å². The lowest BCUT2D eigenvalue weighted by Gasteiger charge is -2.15. The van der Waals surface area contributed by atoms with Crippen LogP contribution in [0.5, 0.6) is 0 Å². The molecule has 0 bridgehead atoms. The normalized spacial score (nSPS) is 17.5. The van der Waals surface area contributed by atoms with Crippen LogP contribution in [0.3, 0.4) is 0 Å². The van der Waals surface area contributed by atoms with E-state index in [-0.39, 0.29) is 27.8 Å². The van der Waals surface area contributed by atoms with Crippen LogP contribution < -0.4 is 5.56 Å². The summed E-state index contributed by atoms with van der Waals surface area (Å²) < 4.78 is 23.4. The number of methoxy groups -OCH3 is 1. The lowest BCUT2D eigenvalue weighted by atomic mass is 10.1. The number of aromatic amines is 1. The quantitative estimate of drug-likeness (QED) is 0.226. The van der Waals surface area contributed by atoms with E-state index in [4.69, 9.17) is 21.3 Å². The molecule has 4 heterocycles. The van der Waals surface area contributed by atoms with Crippen molar-refractivity contribution in [3.8, 4) is 16.9 Å². The van der Waals surface area contributed by atoms with Crippen LogP contribution in [-0.2, 0) is 4.74 Å². The van der Waals surface area contributed by atoms with Crippen molar-refractivity contribution < 1.29 is 9.13 Å². The second-order valence-corrected chi connectivity index (χ2v) is 9.03. The number of nitrogens with one attached hydrogen (secondary N) is 1. The van der Waals surface area contributed by atoms with Crippen LogP contribution in [0.1, 0.15) is 42.6 Å². The summed E-state index contributed by atoms with van der Waals surface area (Å²) in [4.78, 5) is 30.1. The van der Waals surface area contributed by atoms with Gasteiger partial charge in [0.2, 0.25) is 5.90 Å². The fourth-order valence-electron chi connectivity index (χ4n) is 4.57. The van der Waals surface area contributed by atoms with Crippen molar-refractivity contribution >= 4 is 23.1 Å². The summed E-state index contributed by atoms with van der Waals surface area (Å²) in [5, 5.41) is 11.0. The van der Waals surface area contributed by atoms with E-state index in [1.54, 1.807) is 36.0 Å². The zero-order valence-electron chi connectivity index (χ0n) is 20.8. The number of imidazole rings is 1. The highest BCUT2D eigenvalue weighted by Gasteiger charge is 2.34. The molecule has 0 saturated carbocycles. The second-order valence-electron chi connectivity index (χ2n) is 8.62. The van der Waals surface area contributed by atoms with Gasteiger partial charge in [-0.15, -0.1) is 5.10 Å². The highest BCUT2D eigenvalue weighted by Crippen LogP contribution is 2.39. The minimum Gasteiger partial charge on any atom is -0.481 e. The molecule has 4 aromatic rings. The smallest absolute Gasteiger partial charge is 0.254 e. The molecule has 1 N–H and O–H groups in total. The maximum Gasteiger partial charge on any atom is 0.254 e. The largest absolute Gasteiger partial charge is 0.481 e. The summed E-state index contributed by atoms with van der Waals surface area (Å²) >= 11 is 6.09. The lowest BCUT2D eigenvalue weighted by Crippen LogP contribution is -2.25. The van der Waals surface area contributed by atoms with Crippen LogP contribution in [0.25, 0.3) is 22.5 Å². The van der Waals surface area contributed by atoms with Crippen molar-refractivity contribution in [1.82, 2.24) is 39.7 Å². The van der Waals surface area contributed by atoms with Gasteiger partial charge < -0.3 is 9.72 Å². The molecular weight excluding hydrogens is 513 g/mol. The molecule has 0 radical (unpaired) electrons. The Hall–Kier alpha value is -4.45. The van der Waals surface area contributed by atoms with Gasteiger partial charge in [-0.2, -0.15) is 4.68 Å². The van der Waals surface area contributed by atoms with Gasteiger partial charge >= 0.3 is 0 Å². The predicted molar refractivity (Wildman–Crippen MR) is 140 cm³/mol. The Morgan fingerprint density at radius 3 is 2.89 bits per heavy atom. The summed E-state index contributed by atoms with van der Waals surface area (Å²) in [7, 11) is 3.16. The van der Waals surface area contributed by atoms with Crippen molar-refractivity contribution in [2.24, 2.45) is 4.99 Å². The van der Waals surface area contributed by atoms with Gasteiger partial charge in [-0.1, -0.05) is 31.2 Å². The number of allylic oxidation sites excluding steroid dienone is 2. The molecule has 3 aromatic heterocycles. The van der Waals surface area contributed by atoms with Crippen molar-refractivity contribution in [1.29, 1.82) is 0 Å². The Labute approximate surface area is 221 Å². The first-order valence-corrected chi connectivity index (χ1v) is 12.0. The number of aromatic nitrogens is 8. The van der Waals surface area contributed by atoms with Gasteiger partial charge in [-0.25, -0.2) is 14.4 Å². The van der Waals surface area contributed by atoms with Crippen LogP contribution in [0.4, 0.5) is 4.39 Å². The number of rotatable bonds is 6. The summed E-state index contributed by atoms with van der Waals surface area (Å²) in [6.45, 7) is 5.82. The van der Waals surface area contributed by atoms with Crippen LogP contribution in [0.2, 0.25) is 5.02 Å². The van der Waals surface area contributed by atoms with Crippen LogP contribution in [0, 0.1) is 5.82 Å². The van der Waals surface area contributed by atoms with Gasteiger partial charge in [0.15, 0.2) is 5.82 Å². The fourth-order valence-corrected chi connectivity index (χ4v) is 4.73. The van der Waals surface area contributed by atoms with E-state index in [0.717, 1.165) is 5.57 Å². The molecule has 13 heteroatoms. The zero-order chi connectivity index (χ0) is 27.0. The van der Waals surface area contributed by atoms with E-state index in [1.807, 2.05) is 6.92 Å². The zero-order valence-corrected chi connectivity index (χ0v) is 21.5. The van der Waals surface area contributed by atoms with E-state index >= 15 is 4.39 Å². The summed E-state index contributed by atoms with van der Waals surface area (Å²) in [6, 6.07) is 3.87. The van der Waals surface area contributed by atoms with Crippen molar-refractivity contribution in [2.45, 2.75) is 25.3 Å².